The van der Waals surface area contributed by atoms with Crippen LogP contribution < -0.4 is 10.2 Å². The van der Waals surface area contributed by atoms with E-state index < -0.39 is 30.5 Å². The van der Waals surface area contributed by atoms with Gasteiger partial charge in [0, 0.05) is 25.6 Å². The molecule has 2 aliphatic heterocycles. The lowest BCUT2D eigenvalue weighted by atomic mass is 10.00. The standard InChI is InChI=1S/C19H22FN3O5/c1-12(25)21-8-15-10-23(19(27)28-15)14-4-5-16(17(20)7-14)13-3-2-6-22(9-13)18(26)11-24/h3-5,7,15,24H,2,6,8-11H2,1H3,(H,21,25). The molecule has 3 rings (SSSR count). The van der Waals surface area contributed by atoms with Gasteiger partial charge < -0.3 is 20.1 Å². The van der Waals surface area contributed by atoms with Crippen LogP contribution in [0.25, 0.3) is 5.57 Å². The first-order chi connectivity index (χ1) is 13.4. The lowest BCUT2D eigenvalue weighted by Crippen LogP contribution is -2.37. The van der Waals surface area contributed by atoms with Crippen LogP contribution in [-0.4, -0.2) is 66.8 Å². The monoisotopic (exact) mass is 391 g/mol. The van der Waals surface area contributed by atoms with E-state index in [4.69, 9.17) is 9.84 Å². The summed E-state index contributed by atoms with van der Waals surface area (Å²) in [6, 6.07) is 4.44. The predicted octanol–water partition coefficient (Wildman–Crippen LogP) is 0.895. The maximum absolute atomic E-state index is 14.7. The lowest BCUT2D eigenvalue weighted by molar-refractivity contribution is -0.133. The number of nitrogens with one attached hydrogen (secondary N) is 1. The first kappa shape index (κ1) is 19.8. The average molecular weight is 391 g/mol. The number of carbonyl (C=O) groups excluding carboxylic acids is 3. The van der Waals surface area contributed by atoms with Crippen LogP contribution in [0.3, 0.4) is 0 Å². The van der Waals surface area contributed by atoms with E-state index in [1.54, 1.807) is 12.1 Å². The number of aliphatic hydroxyl groups is 1. The maximum atomic E-state index is 14.7. The highest BCUT2D eigenvalue weighted by molar-refractivity contribution is 5.90. The van der Waals surface area contributed by atoms with Gasteiger partial charge in [0.1, 0.15) is 18.5 Å². The number of nitrogens with zero attached hydrogens (tertiary/aromatic N) is 2. The number of cyclic esters (lactones) is 1. The second kappa shape index (κ2) is 8.39. The normalized spacial score (nSPS) is 19.3. The molecule has 0 aliphatic carbocycles. The second-order valence-corrected chi connectivity index (χ2v) is 6.71. The Morgan fingerprint density at radius 2 is 2.18 bits per heavy atom. The molecule has 0 radical (unpaired) electrons. The van der Waals surface area contributed by atoms with Crippen LogP contribution in [0.4, 0.5) is 14.9 Å². The predicted molar refractivity (Wildman–Crippen MR) is 99.0 cm³/mol. The van der Waals surface area contributed by atoms with Crippen molar-refractivity contribution in [1.29, 1.82) is 0 Å². The summed E-state index contributed by atoms with van der Waals surface area (Å²) in [5, 5.41) is 11.6. The fraction of sp³-hybridized carbons (Fsp3) is 0.421. The van der Waals surface area contributed by atoms with E-state index >= 15 is 0 Å². The maximum Gasteiger partial charge on any atom is 0.414 e. The molecule has 0 spiro atoms. The van der Waals surface area contributed by atoms with Gasteiger partial charge >= 0.3 is 6.09 Å². The van der Waals surface area contributed by atoms with Crippen molar-refractivity contribution in [1.82, 2.24) is 10.2 Å². The van der Waals surface area contributed by atoms with Crippen molar-refractivity contribution in [3.8, 4) is 0 Å². The third kappa shape index (κ3) is 4.30. The lowest BCUT2D eigenvalue weighted by Gasteiger charge is -2.27. The van der Waals surface area contributed by atoms with Crippen molar-refractivity contribution >= 4 is 29.2 Å². The number of carbonyl (C=O) groups is 3. The highest BCUT2D eigenvalue weighted by atomic mass is 19.1. The molecule has 2 N–H and O–H groups in total. The van der Waals surface area contributed by atoms with Gasteiger partial charge in [-0.05, 0) is 30.2 Å². The van der Waals surface area contributed by atoms with Gasteiger partial charge in [-0.3, -0.25) is 14.5 Å². The number of ether oxygens (including phenoxy) is 1. The Bertz CT molecular complexity index is 826. The summed E-state index contributed by atoms with van der Waals surface area (Å²) in [5.74, 6) is -1.13. The fourth-order valence-electron chi connectivity index (χ4n) is 3.28. The molecule has 1 aromatic carbocycles. The molecule has 150 valence electrons. The molecule has 1 saturated heterocycles. The zero-order valence-corrected chi connectivity index (χ0v) is 15.5. The second-order valence-electron chi connectivity index (χ2n) is 6.71. The molecule has 2 aliphatic rings. The zero-order valence-electron chi connectivity index (χ0n) is 15.5. The molecule has 0 aromatic heterocycles. The molecule has 28 heavy (non-hydrogen) atoms. The van der Waals surface area contributed by atoms with Crippen LogP contribution in [0.15, 0.2) is 24.3 Å². The Hall–Kier alpha value is -2.94. The minimum Gasteiger partial charge on any atom is -0.442 e. The van der Waals surface area contributed by atoms with Crippen molar-refractivity contribution < 1.29 is 28.6 Å². The van der Waals surface area contributed by atoms with E-state index in [0.29, 0.717) is 29.8 Å². The number of benzene rings is 1. The van der Waals surface area contributed by atoms with Gasteiger partial charge in [0.15, 0.2) is 0 Å². The van der Waals surface area contributed by atoms with E-state index in [-0.39, 0.29) is 25.5 Å². The highest BCUT2D eigenvalue weighted by Crippen LogP contribution is 2.28. The van der Waals surface area contributed by atoms with E-state index in [1.165, 1.54) is 22.8 Å². The molecular formula is C19H22FN3O5. The Morgan fingerprint density at radius 3 is 2.86 bits per heavy atom. The molecule has 1 fully saturated rings. The largest absolute Gasteiger partial charge is 0.442 e. The first-order valence-electron chi connectivity index (χ1n) is 8.99. The summed E-state index contributed by atoms with van der Waals surface area (Å²) in [7, 11) is 0. The molecular weight excluding hydrogens is 369 g/mol. The molecule has 2 heterocycles. The molecule has 1 unspecified atom stereocenters. The van der Waals surface area contributed by atoms with Gasteiger partial charge in [-0.15, -0.1) is 0 Å². The minimum atomic E-state index is -0.598. The Balaban J connectivity index is 1.72. The first-order valence-corrected chi connectivity index (χ1v) is 8.99. The summed E-state index contributed by atoms with van der Waals surface area (Å²) < 4.78 is 19.9. The summed E-state index contributed by atoms with van der Waals surface area (Å²) >= 11 is 0. The number of aliphatic hydroxyl groups excluding tert-OH is 1. The van der Waals surface area contributed by atoms with E-state index in [2.05, 4.69) is 5.32 Å². The topological polar surface area (TPSA) is 99.2 Å². The smallest absolute Gasteiger partial charge is 0.414 e. The Morgan fingerprint density at radius 1 is 1.39 bits per heavy atom. The van der Waals surface area contributed by atoms with Crippen molar-refractivity contribution in [2.45, 2.75) is 19.4 Å². The number of rotatable bonds is 5. The van der Waals surface area contributed by atoms with Crippen LogP contribution in [0, 0.1) is 5.82 Å². The Kier molecular flexibility index (Phi) is 5.93. The SMILES string of the molecule is CC(=O)NCC1CN(c2ccc(C3=CCCN(C(=O)CO)C3)c(F)c2)C(=O)O1. The van der Waals surface area contributed by atoms with Gasteiger partial charge in [-0.1, -0.05) is 6.08 Å². The van der Waals surface area contributed by atoms with Crippen molar-refractivity contribution in [3.05, 3.63) is 35.7 Å². The molecule has 0 saturated carbocycles. The molecule has 0 bridgehead atoms. The Labute approximate surface area is 161 Å². The molecule has 1 aromatic rings. The van der Waals surface area contributed by atoms with Crippen molar-refractivity contribution in [2.75, 3.05) is 37.7 Å². The number of anilines is 1. The summed E-state index contributed by atoms with van der Waals surface area (Å²) in [5.41, 5.74) is 1.36. The third-order valence-electron chi connectivity index (χ3n) is 4.70. The molecule has 9 heteroatoms. The quantitative estimate of drug-likeness (QED) is 0.777. The van der Waals surface area contributed by atoms with Gasteiger partial charge in [0.25, 0.3) is 0 Å². The molecule has 1 atom stereocenters. The van der Waals surface area contributed by atoms with Crippen LogP contribution in [-0.2, 0) is 14.3 Å². The highest BCUT2D eigenvalue weighted by Gasteiger charge is 2.33. The van der Waals surface area contributed by atoms with E-state index in [0.717, 1.165) is 0 Å². The fourth-order valence-corrected chi connectivity index (χ4v) is 3.28. The number of halogens is 1. The number of hydrogen-bond donors (Lipinski definition) is 2. The van der Waals surface area contributed by atoms with Crippen molar-refractivity contribution in [3.63, 3.8) is 0 Å². The van der Waals surface area contributed by atoms with Crippen LogP contribution >= 0.6 is 0 Å². The zero-order chi connectivity index (χ0) is 20.3. The molecule has 8 nitrogen and oxygen atoms in total. The summed E-state index contributed by atoms with van der Waals surface area (Å²) in [4.78, 5) is 37.5. The van der Waals surface area contributed by atoms with Crippen LogP contribution in [0.1, 0.15) is 18.9 Å². The van der Waals surface area contributed by atoms with Gasteiger partial charge in [0.05, 0.1) is 18.8 Å². The number of hydrogen-bond acceptors (Lipinski definition) is 5. The molecule has 3 amide bonds. The van der Waals surface area contributed by atoms with Crippen LogP contribution in [0.2, 0.25) is 0 Å². The number of amides is 3. The average Bonchev–Trinajstić information content (AvgIpc) is 3.06. The van der Waals surface area contributed by atoms with Crippen molar-refractivity contribution in [2.24, 2.45) is 0 Å². The van der Waals surface area contributed by atoms with E-state index in [9.17, 15) is 18.8 Å². The van der Waals surface area contributed by atoms with Crippen LogP contribution in [0.5, 0.6) is 0 Å². The summed E-state index contributed by atoms with van der Waals surface area (Å²) in [6.07, 6.45) is 1.34. The van der Waals surface area contributed by atoms with Gasteiger partial charge in [-0.2, -0.15) is 0 Å². The summed E-state index contributed by atoms with van der Waals surface area (Å²) in [6.45, 7) is 1.90. The van der Waals surface area contributed by atoms with Gasteiger partial charge in [-0.25, -0.2) is 9.18 Å². The minimum absolute atomic E-state index is 0.194. The third-order valence-corrected chi connectivity index (χ3v) is 4.70. The van der Waals surface area contributed by atoms with E-state index in [1.807, 2.05) is 6.08 Å². The van der Waals surface area contributed by atoms with Gasteiger partial charge in [0.2, 0.25) is 11.8 Å².